The summed E-state index contributed by atoms with van der Waals surface area (Å²) in [5.74, 6) is 1.36. The molecular formula is C25H30N2O3S. The fourth-order valence-electron chi connectivity index (χ4n) is 3.83. The molecule has 1 atom stereocenters. The number of hydrogen-bond acceptors (Lipinski definition) is 5. The molecule has 1 unspecified atom stereocenters. The Morgan fingerprint density at radius 3 is 2.74 bits per heavy atom. The molecular weight excluding hydrogens is 408 g/mol. The topological polar surface area (TPSA) is 51.7 Å². The molecule has 1 aromatic heterocycles. The lowest BCUT2D eigenvalue weighted by Gasteiger charge is -2.23. The van der Waals surface area contributed by atoms with Gasteiger partial charge in [-0.05, 0) is 55.0 Å². The first-order chi connectivity index (χ1) is 15.0. The summed E-state index contributed by atoms with van der Waals surface area (Å²) in [5, 5.41) is 0.725. The second kappa shape index (κ2) is 9.79. The molecule has 31 heavy (non-hydrogen) atoms. The molecule has 2 heterocycles. The Hall–Kier alpha value is -2.44. The Kier molecular flexibility index (Phi) is 6.88. The number of hydrogen-bond donors (Lipinski definition) is 0. The monoisotopic (exact) mass is 438 g/mol. The van der Waals surface area contributed by atoms with Crippen LogP contribution in [0, 0.1) is 0 Å². The van der Waals surface area contributed by atoms with Crippen molar-refractivity contribution < 1.29 is 14.3 Å². The summed E-state index contributed by atoms with van der Waals surface area (Å²) in [6.45, 7) is 8.25. The van der Waals surface area contributed by atoms with Crippen molar-refractivity contribution in [2.24, 2.45) is 0 Å². The maximum absolute atomic E-state index is 13.4. The van der Waals surface area contributed by atoms with E-state index in [0.29, 0.717) is 25.5 Å². The second-order valence-corrected chi connectivity index (χ2v) is 9.28. The van der Waals surface area contributed by atoms with Gasteiger partial charge in [-0.3, -0.25) is 9.69 Å². The molecule has 0 bridgehead atoms. The predicted octanol–water partition coefficient (Wildman–Crippen LogP) is 5.57. The summed E-state index contributed by atoms with van der Waals surface area (Å²) in [7, 11) is 0. The quantitative estimate of drug-likeness (QED) is 0.461. The Bertz CT molecular complexity index is 1020. The first-order valence-electron chi connectivity index (χ1n) is 11.1. The van der Waals surface area contributed by atoms with E-state index < -0.39 is 0 Å². The van der Waals surface area contributed by atoms with Crippen LogP contribution in [0.2, 0.25) is 0 Å². The van der Waals surface area contributed by atoms with Crippen LogP contribution in [0.15, 0.2) is 42.5 Å². The summed E-state index contributed by atoms with van der Waals surface area (Å²) >= 11 is 1.53. The van der Waals surface area contributed by atoms with Crippen LogP contribution in [-0.4, -0.2) is 36.8 Å². The summed E-state index contributed by atoms with van der Waals surface area (Å²) in [6.07, 6.45) is 2.44. The van der Waals surface area contributed by atoms with E-state index in [1.165, 1.54) is 16.9 Å². The molecule has 0 N–H and O–H groups in total. The third kappa shape index (κ3) is 5.25. The number of anilines is 1. The molecule has 1 aliphatic rings. The van der Waals surface area contributed by atoms with Gasteiger partial charge >= 0.3 is 0 Å². The number of aromatic nitrogens is 1. The number of fused-ring (bicyclic) bond motifs is 1. The first kappa shape index (κ1) is 21.8. The molecule has 0 radical (unpaired) electrons. The molecule has 0 saturated carbocycles. The minimum absolute atomic E-state index is 0.0527. The Morgan fingerprint density at radius 1 is 1.26 bits per heavy atom. The molecule has 4 rings (SSSR count). The van der Waals surface area contributed by atoms with E-state index in [1.807, 2.05) is 30.0 Å². The minimum atomic E-state index is 0.0527. The van der Waals surface area contributed by atoms with Gasteiger partial charge in [0.05, 0.1) is 35.9 Å². The van der Waals surface area contributed by atoms with E-state index in [2.05, 4.69) is 38.1 Å². The lowest BCUT2D eigenvalue weighted by atomic mass is 10.0. The summed E-state index contributed by atoms with van der Waals surface area (Å²) < 4.78 is 12.5. The van der Waals surface area contributed by atoms with Gasteiger partial charge in [-0.2, -0.15) is 0 Å². The van der Waals surface area contributed by atoms with Crippen molar-refractivity contribution in [2.75, 3.05) is 24.7 Å². The van der Waals surface area contributed by atoms with E-state index in [4.69, 9.17) is 14.5 Å². The lowest BCUT2D eigenvalue weighted by Crippen LogP contribution is -2.38. The molecule has 0 aliphatic carbocycles. The highest BCUT2D eigenvalue weighted by Crippen LogP contribution is 2.32. The van der Waals surface area contributed by atoms with Gasteiger partial charge in [0.15, 0.2) is 5.13 Å². The molecule has 1 saturated heterocycles. The van der Waals surface area contributed by atoms with Crippen LogP contribution in [0.5, 0.6) is 5.75 Å². The summed E-state index contributed by atoms with van der Waals surface area (Å²) in [6, 6.07) is 14.2. The van der Waals surface area contributed by atoms with E-state index in [1.54, 1.807) is 0 Å². The number of nitrogens with zero attached hydrogens (tertiary/aromatic N) is 2. The molecule has 6 heteroatoms. The van der Waals surface area contributed by atoms with E-state index in [-0.39, 0.29) is 12.0 Å². The van der Waals surface area contributed by atoms with Crippen molar-refractivity contribution in [3.05, 3.63) is 53.6 Å². The Labute approximate surface area is 188 Å². The van der Waals surface area contributed by atoms with Crippen molar-refractivity contribution in [2.45, 2.75) is 52.1 Å². The molecule has 5 nitrogen and oxygen atoms in total. The molecule has 2 aromatic carbocycles. The average molecular weight is 439 g/mol. The van der Waals surface area contributed by atoms with Gasteiger partial charge in [0.2, 0.25) is 5.91 Å². The van der Waals surface area contributed by atoms with Crippen LogP contribution in [-0.2, 0) is 16.0 Å². The molecule has 0 spiro atoms. The van der Waals surface area contributed by atoms with Crippen molar-refractivity contribution in [3.63, 3.8) is 0 Å². The number of carbonyl (C=O) groups excluding carboxylic acids is 1. The predicted molar refractivity (Wildman–Crippen MR) is 126 cm³/mol. The van der Waals surface area contributed by atoms with Crippen LogP contribution in [0.4, 0.5) is 5.13 Å². The van der Waals surface area contributed by atoms with Gasteiger partial charge in [-0.15, -0.1) is 0 Å². The Balaban J connectivity index is 1.58. The number of benzene rings is 2. The van der Waals surface area contributed by atoms with Gasteiger partial charge in [-0.25, -0.2) is 4.98 Å². The smallest absolute Gasteiger partial charge is 0.233 e. The number of carbonyl (C=O) groups is 1. The van der Waals surface area contributed by atoms with Crippen LogP contribution in [0.1, 0.15) is 50.7 Å². The Morgan fingerprint density at radius 2 is 2.06 bits per heavy atom. The minimum Gasteiger partial charge on any atom is -0.494 e. The van der Waals surface area contributed by atoms with Crippen molar-refractivity contribution >= 4 is 32.6 Å². The van der Waals surface area contributed by atoms with Crippen molar-refractivity contribution in [1.82, 2.24) is 4.98 Å². The molecule has 1 aliphatic heterocycles. The lowest BCUT2D eigenvalue weighted by molar-refractivity contribution is -0.118. The van der Waals surface area contributed by atoms with Gasteiger partial charge in [0.1, 0.15) is 5.75 Å². The third-order valence-electron chi connectivity index (χ3n) is 5.60. The standard InChI is InChI=1S/C25H30N2O3S/c1-4-29-20-11-12-22-23(15-20)31-25(26-22)27(16-21-6-5-13-30-21)24(28)14-18-7-9-19(10-8-18)17(2)3/h7-12,15,17,21H,4-6,13-14,16H2,1-3H3. The maximum Gasteiger partial charge on any atom is 0.233 e. The first-order valence-corrected chi connectivity index (χ1v) is 11.9. The van der Waals surface area contributed by atoms with Gasteiger partial charge in [-0.1, -0.05) is 49.4 Å². The van der Waals surface area contributed by atoms with Crippen LogP contribution < -0.4 is 9.64 Å². The molecule has 1 amide bonds. The van der Waals surface area contributed by atoms with Crippen LogP contribution in [0.3, 0.4) is 0 Å². The number of thiazole rings is 1. The SMILES string of the molecule is CCOc1ccc2nc(N(CC3CCCO3)C(=O)Cc3ccc(C(C)C)cc3)sc2c1. The highest BCUT2D eigenvalue weighted by Gasteiger charge is 2.26. The van der Waals surface area contributed by atoms with Gasteiger partial charge < -0.3 is 9.47 Å². The average Bonchev–Trinajstić information content (AvgIpc) is 3.41. The maximum atomic E-state index is 13.4. The van der Waals surface area contributed by atoms with Gasteiger partial charge in [0.25, 0.3) is 0 Å². The van der Waals surface area contributed by atoms with Crippen molar-refractivity contribution in [1.29, 1.82) is 0 Å². The largest absolute Gasteiger partial charge is 0.494 e. The van der Waals surface area contributed by atoms with Gasteiger partial charge in [0, 0.05) is 6.61 Å². The zero-order chi connectivity index (χ0) is 21.8. The molecule has 3 aromatic rings. The van der Waals surface area contributed by atoms with E-state index in [0.717, 1.165) is 46.1 Å². The number of ether oxygens (including phenoxy) is 2. The van der Waals surface area contributed by atoms with Crippen LogP contribution >= 0.6 is 11.3 Å². The zero-order valence-corrected chi connectivity index (χ0v) is 19.3. The van der Waals surface area contributed by atoms with E-state index >= 15 is 0 Å². The van der Waals surface area contributed by atoms with E-state index in [9.17, 15) is 4.79 Å². The number of rotatable bonds is 8. The zero-order valence-electron chi connectivity index (χ0n) is 18.5. The second-order valence-electron chi connectivity index (χ2n) is 8.27. The third-order valence-corrected chi connectivity index (χ3v) is 6.64. The normalized spacial score (nSPS) is 16.2. The molecule has 1 fully saturated rings. The fraction of sp³-hybridized carbons (Fsp3) is 0.440. The highest BCUT2D eigenvalue weighted by molar-refractivity contribution is 7.22. The van der Waals surface area contributed by atoms with Crippen molar-refractivity contribution in [3.8, 4) is 5.75 Å². The highest BCUT2D eigenvalue weighted by atomic mass is 32.1. The summed E-state index contributed by atoms with van der Waals surface area (Å²) in [5.41, 5.74) is 3.19. The summed E-state index contributed by atoms with van der Waals surface area (Å²) in [4.78, 5) is 20.0. The molecule has 164 valence electrons. The van der Waals surface area contributed by atoms with Crippen LogP contribution in [0.25, 0.3) is 10.2 Å². The number of amides is 1. The fourth-order valence-corrected chi connectivity index (χ4v) is 4.85.